The van der Waals surface area contributed by atoms with Gasteiger partial charge in [-0.05, 0) is 110 Å². The van der Waals surface area contributed by atoms with E-state index < -0.39 is 60.6 Å². The van der Waals surface area contributed by atoms with Crippen LogP contribution in [0.15, 0.2) is 115 Å². The van der Waals surface area contributed by atoms with Crippen LogP contribution in [0.4, 0.5) is 0 Å². The Balaban J connectivity index is 1.21. The van der Waals surface area contributed by atoms with Gasteiger partial charge in [-0.1, -0.05) is 136 Å². The molecular weight excluding hydrogens is 1120 g/mol. The SMILES string of the molecule is CC(C)C[C@H]1CN(C(=O)CC2CC2)CC(=O)N[C@@H](CCCCN)CN(C(=O)Cc2ccccc2)CC(=O)N[C@@H](Cc2ccccc2)CN(CC(N)=O)C(=O)CCSCc2ccc(cc2)C(O)N[C@@H](Cc2ccccc2)CN(C(=O)CC2CC2)CC(=O)N1. The van der Waals surface area contributed by atoms with Crippen molar-refractivity contribution < 1.29 is 43.5 Å². The van der Waals surface area contributed by atoms with E-state index in [-0.39, 0.29) is 119 Å². The minimum absolute atomic E-state index is 0.0209. The molecule has 2 aliphatic carbocycles. The molecule has 2 saturated carbocycles. The van der Waals surface area contributed by atoms with Crippen LogP contribution in [0.2, 0.25) is 0 Å². The van der Waals surface area contributed by atoms with Crippen molar-refractivity contribution in [3.8, 4) is 0 Å². The Bertz CT molecular complexity index is 2840. The van der Waals surface area contributed by atoms with E-state index in [1.807, 2.05) is 129 Å². The lowest BCUT2D eigenvalue weighted by atomic mass is 10.0. The molecule has 4 aromatic carbocycles. The lowest BCUT2D eigenvalue weighted by Gasteiger charge is -2.33. The van der Waals surface area contributed by atoms with Crippen LogP contribution in [0.3, 0.4) is 0 Å². The predicted octanol–water partition coefficient (Wildman–Crippen LogP) is 5.03. The normalized spacial score (nSPS) is 21.5. The Morgan fingerprint density at radius 1 is 0.598 bits per heavy atom. The monoisotopic (exact) mass is 1210 g/mol. The van der Waals surface area contributed by atoms with Crippen molar-refractivity contribution in [2.45, 2.75) is 140 Å². The number of thioether (sulfide) groups is 1. The molecule has 2 fully saturated rings. The number of amides is 8. The molecule has 2 heterocycles. The molecule has 0 radical (unpaired) electrons. The van der Waals surface area contributed by atoms with Gasteiger partial charge in [0.1, 0.15) is 6.23 Å². The van der Waals surface area contributed by atoms with Gasteiger partial charge >= 0.3 is 0 Å². The Kier molecular flexibility index (Phi) is 27.1. The van der Waals surface area contributed by atoms with E-state index in [4.69, 9.17) is 11.5 Å². The minimum Gasteiger partial charge on any atom is -0.374 e. The molecule has 0 saturated heterocycles. The lowest BCUT2D eigenvalue weighted by molar-refractivity contribution is -0.139. The highest BCUT2D eigenvalue weighted by Gasteiger charge is 2.34. The fourth-order valence-electron chi connectivity index (χ4n) is 11.1. The molecule has 0 spiro atoms. The van der Waals surface area contributed by atoms with E-state index in [0.29, 0.717) is 55.7 Å². The first kappa shape index (κ1) is 67.4. The Hall–Kier alpha value is -7.13. The number of primary amides is 1. The van der Waals surface area contributed by atoms with Crippen molar-refractivity contribution in [3.63, 3.8) is 0 Å². The maximum Gasteiger partial charge on any atom is 0.239 e. The van der Waals surface area contributed by atoms with Crippen molar-refractivity contribution in [1.29, 1.82) is 0 Å². The van der Waals surface area contributed by atoms with Crippen LogP contribution in [0.5, 0.6) is 0 Å². The van der Waals surface area contributed by atoms with Gasteiger partial charge < -0.3 is 52.1 Å². The fraction of sp³-hybridized carbons (Fsp3) is 0.522. The maximum absolute atomic E-state index is 14.6. The van der Waals surface area contributed by atoms with Crippen LogP contribution in [-0.4, -0.2) is 161 Å². The number of unbranched alkanes of at least 4 members (excludes halogenated alkanes) is 1. The molecule has 4 aliphatic rings. The van der Waals surface area contributed by atoms with E-state index in [0.717, 1.165) is 47.9 Å². The number of carbonyl (C=O) groups excluding carboxylic acids is 8. The van der Waals surface area contributed by atoms with Crippen LogP contribution >= 0.6 is 11.8 Å². The number of nitrogens with two attached hydrogens (primary N) is 2. The molecule has 4 aromatic rings. The second kappa shape index (κ2) is 35.0. The van der Waals surface area contributed by atoms with Crippen molar-refractivity contribution >= 4 is 59.0 Å². The quantitative estimate of drug-likeness (QED) is 0.0511. The molecule has 8 amide bonds. The summed E-state index contributed by atoms with van der Waals surface area (Å²) in [4.78, 5) is 119. The van der Waals surface area contributed by atoms with Gasteiger partial charge in [0, 0.05) is 75.1 Å². The number of hydrogen-bond donors (Lipinski definition) is 7. The summed E-state index contributed by atoms with van der Waals surface area (Å²) in [7, 11) is 0. The van der Waals surface area contributed by atoms with E-state index in [9.17, 15) is 43.5 Å². The second-order valence-electron chi connectivity index (χ2n) is 24.4. The molecule has 8 rings (SSSR count). The van der Waals surface area contributed by atoms with Gasteiger partial charge in [-0.3, -0.25) is 43.7 Å². The second-order valence-corrected chi connectivity index (χ2v) is 25.5. The number of fused-ring (bicyclic) bond motifs is 29. The molecule has 20 heteroatoms. The molecule has 0 aromatic heterocycles. The number of carbonyl (C=O) groups is 8. The summed E-state index contributed by atoms with van der Waals surface area (Å²) in [6, 6.07) is 33.3. The molecule has 19 nitrogen and oxygen atoms in total. The summed E-state index contributed by atoms with van der Waals surface area (Å²) in [5.41, 5.74) is 15.8. The highest BCUT2D eigenvalue weighted by atomic mass is 32.2. The van der Waals surface area contributed by atoms with E-state index >= 15 is 0 Å². The summed E-state index contributed by atoms with van der Waals surface area (Å²) in [5.74, 6) is -1.81. The molecule has 2 bridgehead atoms. The highest BCUT2D eigenvalue weighted by Crippen LogP contribution is 2.34. The smallest absolute Gasteiger partial charge is 0.239 e. The largest absolute Gasteiger partial charge is 0.374 e. The van der Waals surface area contributed by atoms with Crippen LogP contribution in [-0.2, 0) is 63.4 Å². The molecule has 9 N–H and O–H groups in total. The number of aliphatic hydroxyl groups is 1. The Labute approximate surface area is 517 Å². The van der Waals surface area contributed by atoms with Gasteiger partial charge in [0.05, 0.1) is 38.6 Å². The first-order valence-electron chi connectivity index (χ1n) is 31.1. The number of rotatable bonds is 18. The van der Waals surface area contributed by atoms with Gasteiger partial charge in [0.2, 0.25) is 47.3 Å². The molecule has 470 valence electrons. The summed E-state index contributed by atoms with van der Waals surface area (Å²) in [6.45, 7) is 3.03. The number of nitrogens with zero attached hydrogens (tertiary/aromatic N) is 4. The zero-order valence-corrected chi connectivity index (χ0v) is 51.6. The third-order valence-electron chi connectivity index (χ3n) is 16.0. The topological polar surface area (TPSA) is 270 Å². The average molecular weight is 1210 g/mol. The van der Waals surface area contributed by atoms with Gasteiger partial charge in [0.15, 0.2) is 0 Å². The summed E-state index contributed by atoms with van der Waals surface area (Å²) >= 11 is 1.52. The van der Waals surface area contributed by atoms with Crippen LogP contribution in [0.1, 0.15) is 119 Å². The van der Waals surface area contributed by atoms with Crippen LogP contribution in [0, 0.1) is 17.8 Å². The first-order chi connectivity index (χ1) is 41.9. The van der Waals surface area contributed by atoms with Crippen molar-refractivity contribution in [1.82, 2.24) is 40.9 Å². The van der Waals surface area contributed by atoms with E-state index in [1.54, 1.807) is 4.90 Å². The van der Waals surface area contributed by atoms with Crippen molar-refractivity contribution in [2.75, 3.05) is 64.7 Å². The van der Waals surface area contributed by atoms with Gasteiger partial charge in [-0.25, -0.2) is 0 Å². The van der Waals surface area contributed by atoms with Gasteiger partial charge in [-0.15, -0.1) is 0 Å². The van der Waals surface area contributed by atoms with Gasteiger partial charge in [-0.2, -0.15) is 11.8 Å². The minimum atomic E-state index is -1.14. The Morgan fingerprint density at radius 3 is 1.60 bits per heavy atom. The Morgan fingerprint density at radius 2 is 1.08 bits per heavy atom. The zero-order valence-electron chi connectivity index (χ0n) is 50.8. The van der Waals surface area contributed by atoms with Crippen LogP contribution in [0.25, 0.3) is 0 Å². The number of benzene rings is 4. The predicted molar refractivity (Wildman–Crippen MR) is 338 cm³/mol. The first-order valence-corrected chi connectivity index (χ1v) is 32.3. The van der Waals surface area contributed by atoms with E-state index in [1.165, 1.54) is 26.5 Å². The standard InChI is InChI=1S/C67H92N10O9S/c1-47(2)32-56-39-76(65(84)36-51-21-22-51)43-60(79)70-55(20-12-13-30-68)38-75(64(83)35-50-18-10-5-11-19-50)44-62(81)72-57(33-48-14-6-3-7-15-48)40-74(42-59(69)78)63(82)29-31-87-46-53-25-27-54(28-26-53)67(86)73-58(34-49-16-8-4-9-17-49)41-77(45-61(80)71-56)66(85)37-52-23-24-52/h3-11,14-19,25-28,47,51-52,55-58,67,73,86H,12-13,20-24,29-46,68H2,1-2H3,(H2,69,78)(H,70,79)(H,71,80)(H,72,81)/t55-,56-,57-,58-,67?/m0/s1. The fourth-order valence-corrected chi connectivity index (χ4v) is 12.0. The van der Waals surface area contributed by atoms with Crippen LogP contribution < -0.4 is 32.7 Å². The zero-order chi connectivity index (χ0) is 62.1. The number of aliphatic hydroxyl groups excluding tert-OH is 1. The maximum atomic E-state index is 14.6. The number of hydrogen-bond acceptors (Lipinski definition) is 12. The summed E-state index contributed by atoms with van der Waals surface area (Å²) < 4.78 is 0. The molecule has 5 atom stereocenters. The number of nitrogens with one attached hydrogen (secondary N) is 4. The van der Waals surface area contributed by atoms with Crippen molar-refractivity contribution in [3.05, 3.63) is 143 Å². The average Bonchev–Trinajstić information content (AvgIpc) is 4.53. The van der Waals surface area contributed by atoms with E-state index in [2.05, 4.69) is 21.3 Å². The molecule has 87 heavy (non-hydrogen) atoms. The summed E-state index contributed by atoms with van der Waals surface area (Å²) in [6.07, 6.45) is 5.84. The molecule has 2 aliphatic heterocycles. The summed E-state index contributed by atoms with van der Waals surface area (Å²) in [5, 5.41) is 24.6. The van der Waals surface area contributed by atoms with Gasteiger partial charge in [0.25, 0.3) is 0 Å². The van der Waals surface area contributed by atoms with Crippen molar-refractivity contribution in [2.24, 2.45) is 29.2 Å². The third-order valence-corrected chi connectivity index (χ3v) is 17.0. The molecular formula is C67H92N10O9S. The lowest BCUT2D eigenvalue weighted by Crippen LogP contribution is -2.55. The third kappa shape index (κ3) is 24.9. The molecule has 1 unspecified atom stereocenters. The highest BCUT2D eigenvalue weighted by molar-refractivity contribution is 7.98.